The monoisotopic (exact) mass is 608 g/mol. The highest BCUT2D eigenvalue weighted by molar-refractivity contribution is 6.05. The third kappa shape index (κ3) is 9.18. The molecule has 1 aliphatic rings. The van der Waals surface area contributed by atoms with Gasteiger partial charge in [0.25, 0.3) is 0 Å². The van der Waals surface area contributed by atoms with Gasteiger partial charge in [-0.3, -0.25) is 19.8 Å². The number of halogens is 3. The van der Waals surface area contributed by atoms with Crippen molar-refractivity contribution in [3.05, 3.63) is 95.6 Å². The Morgan fingerprint density at radius 3 is 1.98 bits per heavy atom. The molecule has 3 N–H and O–H groups in total. The van der Waals surface area contributed by atoms with Crippen LogP contribution in [-0.2, 0) is 20.5 Å². The number of alkyl halides is 3. The SMILES string of the molecule is CC(C)(C)OC(=O)Nc1ccccc1NC(=O)/C=C/c1ccc(C(C(=O)Nc2ccc(C(F)(F)F)cc2)N2CCCC2)cc1. The van der Waals surface area contributed by atoms with Crippen LogP contribution in [0.3, 0.4) is 0 Å². The van der Waals surface area contributed by atoms with E-state index in [1.165, 1.54) is 18.2 Å². The van der Waals surface area contributed by atoms with Crippen molar-refractivity contribution in [2.75, 3.05) is 29.0 Å². The Bertz CT molecular complexity index is 1490. The van der Waals surface area contributed by atoms with Gasteiger partial charge < -0.3 is 15.4 Å². The van der Waals surface area contributed by atoms with Crippen molar-refractivity contribution in [3.63, 3.8) is 0 Å². The molecule has 44 heavy (non-hydrogen) atoms. The smallest absolute Gasteiger partial charge is 0.416 e. The van der Waals surface area contributed by atoms with Gasteiger partial charge in [-0.05, 0) is 100 Å². The van der Waals surface area contributed by atoms with Crippen molar-refractivity contribution >= 4 is 41.0 Å². The Kier molecular flexibility index (Phi) is 10.1. The van der Waals surface area contributed by atoms with Gasteiger partial charge in [0.1, 0.15) is 11.6 Å². The van der Waals surface area contributed by atoms with Gasteiger partial charge in [0.2, 0.25) is 11.8 Å². The first-order valence-corrected chi connectivity index (χ1v) is 14.2. The van der Waals surface area contributed by atoms with Crippen LogP contribution in [0.2, 0.25) is 0 Å². The third-order valence-electron chi connectivity index (χ3n) is 6.73. The minimum absolute atomic E-state index is 0.278. The maximum absolute atomic E-state index is 13.3. The number of likely N-dealkylation sites (tertiary alicyclic amines) is 1. The first-order valence-electron chi connectivity index (χ1n) is 14.2. The first kappa shape index (κ1) is 32.3. The Morgan fingerprint density at radius 1 is 0.818 bits per heavy atom. The largest absolute Gasteiger partial charge is 0.444 e. The lowest BCUT2D eigenvalue weighted by Gasteiger charge is -2.27. The highest BCUT2D eigenvalue weighted by Gasteiger charge is 2.31. The number of nitrogens with one attached hydrogen (secondary N) is 3. The van der Waals surface area contributed by atoms with Crippen LogP contribution in [0.4, 0.5) is 35.0 Å². The topological polar surface area (TPSA) is 99.8 Å². The van der Waals surface area contributed by atoms with Gasteiger partial charge in [0.15, 0.2) is 0 Å². The van der Waals surface area contributed by atoms with Gasteiger partial charge in [0, 0.05) is 11.8 Å². The molecule has 0 saturated carbocycles. The van der Waals surface area contributed by atoms with E-state index in [1.54, 1.807) is 75.4 Å². The number of rotatable bonds is 8. The second kappa shape index (κ2) is 13.8. The molecule has 3 aromatic carbocycles. The summed E-state index contributed by atoms with van der Waals surface area (Å²) in [6, 6.07) is 17.6. The molecular weight excluding hydrogens is 573 g/mol. The lowest BCUT2D eigenvalue weighted by molar-refractivity contribution is -0.137. The predicted octanol–water partition coefficient (Wildman–Crippen LogP) is 7.48. The summed E-state index contributed by atoms with van der Waals surface area (Å²) in [7, 11) is 0. The molecule has 11 heteroatoms. The lowest BCUT2D eigenvalue weighted by Crippen LogP contribution is -2.35. The maximum atomic E-state index is 13.3. The van der Waals surface area contributed by atoms with Crippen LogP contribution in [0, 0.1) is 0 Å². The van der Waals surface area contributed by atoms with Gasteiger partial charge in [-0.2, -0.15) is 13.2 Å². The number of hydrogen-bond donors (Lipinski definition) is 3. The zero-order valence-electron chi connectivity index (χ0n) is 24.7. The molecule has 0 spiro atoms. The number of carbonyl (C=O) groups excluding carboxylic acids is 3. The van der Waals surface area contributed by atoms with E-state index in [9.17, 15) is 27.6 Å². The van der Waals surface area contributed by atoms with Gasteiger partial charge in [-0.15, -0.1) is 0 Å². The molecule has 3 amide bonds. The Balaban J connectivity index is 1.42. The summed E-state index contributed by atoms with van der Waals surface area (Å²) < 4.78 is 44.1. The molecule has 0 aromatic heterocycles. The second-order valence-corrected chi connectivity index (χ2v) is 11.4. The molecule has 3 aromatic rings. The fourth-order valence-corrected chi connectivity index (χ4v) is 4.73. The van der Waals surface area contributed by atoms with E-state index in [1.807, 2.05) is 4.90 Å². The number of carbonyl (C=O) groups is 3. The first-order chi connectivity index (χ1) is 20.8. The summed E-state index contributed by atoms with van der Waals surface area (Å²) in [4.78, 5) is 40.3. The van der Waals surface area contributed by atoms with E-state index in [0.717, 1.165) is 43.6 Å². The fraction of sp³-hybridized carbons (Fsp3) is 0.303. The summed E-state index contributed by atoms with van der Waals surface area (Å²) in [5, 5.41) is 8.14. The van der Waals surface area contributed by atoms with Crippen LogP contribution in [0.15, 0.2) is 78.9 Å². The van der Waals surface area contributed by atoms with Gasteiger partial charge in [-0.1, -0.05) is 36.4 Å². The standard InChI is InChI=1S/C33H35F3N4O4/c1-32(2,3)44-31(43)39-27-9-5-4-8-26(27)38-28(41)19-12-22-10-13-23(14-11-22)29(40-20-6-7-21-40)30(42)37-25-17-15-24(16-18-25)33(34,35)36/h4-5,8-19,29H,6-7,20-21H2,1-3H3,(H,37,42)(H,38,41)(H,39,43)/b19-12+. The molecule has 0 radical (unpaired) electrons. The van der Waals surface area contributed by atoms with Crippen molar-refractivity contribution in [1.29, 1.82) is 0 Å². The lowest BCUT2D eigenvalue weighted by atomic mass is 10.0. The quantitative estimate of drug-likeness (QED) is 0.230. The van der Waals surface area contributed by atoms with Gasteiger partial charge >= 0.3 is 12.3 Å². The van der Waals surface area contributed by atoms with E-state index >= 15 is 0 Å². The molecule has 1 fully saturated rings. The van der Waals surface area contributed by atoms with Crippen molar-refractivity contribution in [2.45, 2.75) is 51.4 Å². The molecule has 8 nitrogen and oxygen atoms in total. The van der Waals surface area contributed by atoms with Crippen molar-refractivity contribution in [1.82, 2.24) is 4.90 Å². The number of hydrogen-bond acceptors (Lipinski definition) is 5. The third-order valence-corrected chi connectivity index (χ3v) is 6.73. The number of ether oxygens (including phenoxy) is 1. The highest BCUT2D eigenvalue weighted by Crippen LogP contribution is 2.31. The highest BCUT2D eigenvalue weighted by atomic mass is 19.4. The number of benzene rings is 3. The minimum atomic E-state index is -4.46. The van der Waals surface area contributed by atoms with E-state index in [2.05, 4.69) is 16.0 Å². The van der Waals surface area contributed by atoms with Crippen LogP contribution in [0.5, 0.6) is 0 Å². The fourth-order valence-electron chi connectivity index (χ4n) is 4.73. The molecule has 1 aliphatic heterocycles. The molecule has 1 saturated heterocycles. The Labute approximate surface area is 254 Å². The number of anilines is 3. The zero-order chi connectivity index (χ0) is 31.9. The molecule has 1 unspecified atom stereocenters. The number of nitrogens with zero attached hydrogens (tertiary/aromatic N) is 1. The van der Waals surface area contributed by atoms with Crippen LogP contribution in [0.1, 0.15) is 56.3 Å². The second-order valence-electron chi connectivity index (χ2n) is 11.4. The zero-order valence-corrected chi connectivity index (χ0v) is 24.7. The van der Waals surface area contributed by atoms with E-state index in [4.69, 9.17) is 4.74 Å². The molecule has 232 valence electrons. The summed E-state index contributed by atoms with van der Waals surface area (Å²) in [5.41, 5.74) is 1.04. The Hall–Kier alpha value is -4.64. The molecule has 1 heterocycles. The van der Waals surface area contributed by atoms with Crippen LogP contribution < -0.4 is 16.0 Å². The van der Waals surface area contributed by atoms with Crippen LogP contribution in [0.25, 0.3) is 6.08 Å². The van der Waals surface area contributed by atoms with Gasteiger partial charge in [0.05, 0.1) is 16.9 Å². The maximum Gasteiger partial charge on any atom is 0.416 e. The van der Waals surface area contributed by atoms with E-state index in [-0.39, 0.29) is 11.6 Å². The molecule has 4 rings (SSSR count). The normalized spacial score (nSPS) is 14.7. The number of amides is 3. The van der Waals surface area contributed by atoms with Gasteiger partial charge in [-0.25, -0.2) is 4.79 Å². The predicted molar refractivity (Wildman–Crippen MR) is 164 cm³/mol. The van der Waals surface area contributed by atoms with Crippen LogP contribution >= 0.6 is 0 Å². The van der Waals surface area contributed by atoms with E-state index < -0.39 is 35.4 Å². The molecule has 0 bridgehead atoms. The average molecular weight is 609 g/mol. The molecular formula is C33H35F3N4O4. The average Bonchev–Trinajstić information content (AvgIpc) is 3.47. The van der Waals surface area contributed by atoms with Crippen LogP contribution in [-0.4, -0.2) is 41.5 Å². The van der Waals surface area contributed by atoms with E-state index in [0.29, 0.717) is 16.9 Å². The number of para-hydroxylation sites is 2. The molecule has 0 aliphatic carbocycles. The summed E-state index contributed by atoms with van der Waals surface area (Å²) in [6.07, 6.45) is -0.242. The summed E-state index contributed by atoms with van der Waals surface area (Å²) in [6.45, 7) is 6.70. The Morgan fingerprint density at radius 2 is 1.41 bits per heavy atom. The van der Waals surface area contributed by atoms with Crippen molar-refractivity contribution in [3.8, 4) is 0 Å². The van der Waals surface area contributed by atoms with Crippen molar-refractivity contribution in [2.24, 2.45) is 0 Å². The van der Waals surface area contributed by atoms with Crippen molar-refractivity contribution < 1.29 is 32.3 Å². The minimum Gasteiger partial charge on any atom is -0.444 e. The summed E-state index contributed by atoms with van der Waals surface area (Å²) in [5.74, 6) is -0.758. The molecule has 1 atom stereocenters. The summed E-state index contributed by atoms with van der Waals surface area (Å²) >= 11 is 0.